The van der Waals surface area contributed by atoms with Crippen LogP contribution in [0.5, 0.6) is 0 Å². The predicted octanol–water partition coefficient (Wildman–Crippen LogP) is 2.78. The summed E-state index contributed by atoms with van der Waals surface area (Å²) in [6.07, 6.45) is 5.55. The summed E-state index contributed by atoms with van der Waals surface area (Å²) >= 11 is 0. The lowest BCUT2D eigenvalue weighted by Crippen LogP contribution is -2.26. The van der Waals surface area contributed by atoms with Crippen molar-refractivity contribution >= 4 is 21.6 Å². The molecule has 1 aromatic carbocycles. The summed E-state index contributed by atoms with van der Waals surface area (Å²) in [7, 11) is -3.88. The third kappa shape index (κ3) is 4.50. The molecule has 5 nitrogen and oxygen atoms in total. The summed E-state index contributed by atoms with van der Waals surface area (Å²) in [5.41, 5.74) is 3.60. The molecule has 1 fully saturated rings. The molecule has 1 aromatic rings. The van der Waals surface area contributed by atoms with Crippen molar-refractivity contribution in [2.75, 3.05) is 18.8 Å². The molecule has 2 aliphatic rings. The average molecular weight is 363 g/mol. The van der Waals surface area contributed by atoms with E-state index in [9.17, 15) is 13.2 Å². The molecule has 1 aliphatic heterocycles. The minimum atomic E-state index is -3.88. The molecule has 2 atom stereocenters. The third-order valence-electron chi connectivity index (χ3n) is 5.34. The molecule has 0 bridgehead atoms. The van der Waals surface area contributed by atoms with Crippen LogP contribution in [-0.2, 0) is 21.3 Å². The van der Waals surface area contributed by atoms with Crippen LogP contribution in [0.3, 0.4) is 0 Å². The van der Waals surface area contributed by atoms with Crippen molar-refractivity contribution in [2.24, 2.45) is 11.8 Å². The topological polar surface area (TPSA) is 74.7 Å². The minimum Gasteiger partial charge on any atom is -0.342 e. The Bertz CT molecular complexity index is 767. The number of aryl methyl sites for hydroxylation is 1. The number of benzene rings is 1. The maximum atomic E-state index is 11.7. The smallest absolute Gasteiger partial charge is 0.264 e. The van der Waals surface area contributed by atoms with Crippen molar-refractivity contribution in [2.45, 2.75) is 32.6 Å². The van der Waals surface area contributed by atoms with E-state index in [2.05, 4.69) is 18.2 Å². The highest BCUT2D eigenvalue weighted by molar-refractivity contribution is 7.85. The van der Waals surface area contributed by atoms with Gasteiger partial charge in [0, 0.05) is 25.9 Å². The Hall–Kier alpha value is -1.66. The highest BCUT2D eigenvalue weighted by Crippen LogP contribution is 2.41. The van der Waals surface area contributed by atoms with Crippen LogP contribution in [0.25, 0.3) is 5.57 Å². The summed E-state index contributed by atoms with van der Waals surface area (Å²) in [4.78, 5) is 13.7. The summed E-state index contributed by atoms with van der Waals surface area (Å²) in [6.45, 7) is 3.31. The van der Waals surface area contributed by atoms with Gasteiger partial charge in [-0.1, -0.05) is 30.3 Å². The summed E-state index contributed by atoms with van der Waals surface area (Å²) in [6, 6.07) is 8.24. The van der Waals surface area contributed by atoms with Gasteiger partial charge in [0.2, 0.25) is 5.91 Å². The van der Waals surface area contributed by atoms with E-state index in [-0.39, 0.29) is 11.7 Å². The third-order valence-corrected chi connectivity index (χ3v) is 6.15. The van der Waals surface area contributed by atoms with Gasteiger partial charge in [0.25, 0.3) is 10.1 Å². The zero-order valence-electron chi connectivity index (χ0n) is 14.5. The molecule has 0 saturated carbocycles. The number of nitrogens with zero attached hydrogens (tertiary/aromatic N) is 1. The van der Waals surface area contributed by atoms with E-state index in [1.54, 1.807) is 6.92 Å². The van der Waals surface area contributed by atoms with Crippen LogP contribution in [0.1, 0.15) is 37.3 Å². The lowest BCUT2D eigenvalue weighted by Gasteiger charge is -2.26. The van der Waals surface area contributed by atoms with Crippen LogP contribution >= 0.6 is 0 Å². The van der Waals surface area contributed by atoms with Crippen molar-refractivity contribution in [1.82, 2.24) is 4.90 Å². The first-order valence-electron chi connectivity index (χ1n) is 8.83. The second-order valence-electron chi connectivity index (χ2n) is 7.11. The minimum absolute atomic E-state index is 0.155. The Kier molecular flexibility index (Phi) is 5.29. The normalized spacial score (nSPS) is 23.3. The number of allylic oxidation sites excluding steroid dienone is 1. The molecule has 6 heteroatoms. The van der Waals surface area contributed by atoms with Gasteiger partial charge in [-0.3, -0.25) is 9.35 Å². The van der Waals surface area contributed by atoms with Gasteiger partial charge in [-0.25, -0.2) is 0 Å². The van der Waals surface area contributed by atoms with E-state index in [0.717, 1.165) is 31.5 Å². The van der Waals surface area contributed by atoms with E-state index in [4.69, 9.17) is 4.55 Å². The van der Waals surface area contributed by atoms with Crippen LogP contribution < -0.4 is 0 Å². The maximum Gasteiger partial charge on any atom is 0.264 e. The lowest BCUT2D eigenvalue weighted by atomic mass is 9.78. The van der Waals surface area contributed by atoms with E-state index in [0.29, 0.717) is 24.7 Å². The quantitative estimate of drug-likeness (QED) is 0.816. The Labute approximate surface area is 149 Å². The van der Waals surface area contributed by atoms with Gasteiger partial charge in [0.1, 0.15) is 0 Å². The van der Waals surface area contributed by atoms with Crippen molar-refractivity contribution in [1.29, 1.82) is 0 Å². The summed E-state index contributed by atoms with van der Waals surface area (Å²) < 4.78 is 30.4. The van der Waals surface area contributed by atoms with Crippen molar-refractivity contribution in [3.05, 3.63) is 41.5 Å². The number of fused-ring (bicyclic) bond motifs is 1. The highest BCUT2D eigenvalue weighted by Gasteiger charge is 2.37. The van der Waals surface area contributed by atoms with Crippen LogP contribution in [0, 0.1) is 11.8 Å². The molecule has 0 radical (unpaired) electrons. The van der Waals surface area contributed by atoms with Gasteiger partial charge >= 0.3 is 0 Å². The van der Waals surface area contributed by atoms with Gasteiger partial charge in [-0.2, -0.15) is 8.42 Å². The number of likely N-dealkylation sites (tertiary alicyclic amines) is 1. The SMILES string of the molecule is CC(=O)N1CC2CCC=C(c3ccc(CCCS(=O)(=O)O)cc3)C2C1. The number of carbonyl (C=O) groups is 1. The van der Waals surface area contributed by atoms with Crippen LogP contribution in [-0.4, -0.2) is 42.6 Å². The van der Waals surface area contributed by atoms with Crippen LogP contribution in [0.4, 0.5) is 0 Å². The molecule has 3 rings (SSSR count). The molecular formula is C19H25NO4S. The van der Waals surface area contributed by atoms with Gasteiger partial charge in [-0.05, 0) is 48.3 Å². The molecule has 0 spiro atoms. The molecule has 2 unspecified atom stereocenters. The van der Waals surface area contributed by atoms with E-state index >= 15 is 0 Å². The number of amides is 1. The Morgan fingerprint density at radius 3 is 2.60 bits per heavy atom. The maximum absolute atomic E-state index is 11.7. The summed E-state index contributed by atoms with van der Waals surface area (Å²) in [5.74, 6) is 0.925. The molecule has 1 saturated heterocycles. The summed E-state index contributed by atoms with van der Waals surface area (Å²) in [5, 5.41) is 0. The first-order chi connectivity index (χ1) is 11.8. The molecule has 1 N–H and O–H groups in total. The van der Waals surface area contributed by atoms with Gasteiger partial charge in [-0.15, -0.1) is 0 Å². The van der Waals surface area contributed by atoms with Gasteiger partial charge < -0.3 is 4.90 Å². The van der Waals surface area contributed by atoms with Gasteiger partial charge in [0.05, 0.1) is 5.75 Å². The number of hydrogen-bond donors (Lipinski definition) is 1. The van der Waals surface area contributed by atoms with Crippen LogP contribution in [0.15, 0.2) is 30.3 Å². The molecule has 136 valence electrons. The van der Waals surface area contributed by atoms with Gasteiger partial charge in [0.15, 0.2) is 0 Å². The first kappa shape index (κ1) is 18.1. The Morgan fingerprint density at radius 2 is 1.96 bits per heavy atom. The Morgan fingerprint density at radius 1 is 1.24 bits per heavy atom. The zero-order chi connectivity index (χ0) is 18.0. The lowest BCUT2D eigenvalue weighted by molar-refractivity contribution is -0.127. The van der Waals surface area contributed by atoms with Crippen LogP contribution in [0.2, 0.25) is 0 Å². The standard InChI is InChI=1S/C19H25NO4S/c1-14(21)20-12-17-5-2-6-18(19(17)13-20)16-9-7-15(8-10-16)4-3-11-25(22,23)24/h6-10,17,19H,2-5,11-13H2,1H3,(H,22,23,24). The number of hydrogen-bond acceptors (Lipinski definition) is 3. The second-order valence-corrected chi connectivity index (χ2v) is 8.69. The van der Waals surface area contributed by atoms with Crippen molar-refractivity contribution in [3.63, 3.8) is 0 Å². The number of carbonyl (C=O) groups excluding carboxylic acids is 1. The van der Waals surface area contributed by atoms with E-state index in [1.807, 2.05) is 17.0 Å². The largest absolute Gasteiger partial charge is 0.342 e. The monoisotopic (exact) mass is 363 g/mol. The Balaban J connectivity index is 1.67. The fourth-order valence-corrected chi connectivity index (χ4v) is 4.54. The van der Waals surface area contributed by atoms with Crippen molar-refractivity contribution in [3.8, 4) is 0 Å². The highest BCUT2D eigenvalue weighted by atomic mass is 32.2. The molecule has 0 aromatic heterocycles. The fourth-order valence-electron chi connectivity index (χ4n) is 4.03. The number of rotatable bonds is 5. The molecule has 25 heavy (non-hydrogen) atoms. The first-order valence-corrected chi connectivity index (χ1v) is 10.4. The molecule has 1 amide bonds. The molecule has 1 heterocycles. The molecule has 1 aliphatic carbocycles. The zero-order valence-corrected chi connectivity index (χ0v) is 15.3. The fraction of sp³-hybridized carbons (Fsp3) is 0.526. The van der Waals surface area contributed by atoms with Crippen molar-refractivity contribution < 1.29 is 17.8 Å². The van der Waals surface area contributed by atoms with E-state index < -0.39 is 10.1 Å². The molecular weight excluding hydrogens is 338 g/mol. The predicted molar refractivity (Wildman–Crippen MR) is 97.6 cm³/mol. The van der Waals surface area contributed by atoms with E-state index in [1.165, 1.54) is 11.1 Å². The average Bonchev–Trinajstić information content (AvgIpc) is 2.99. The second kappa shape index (κ2) is 7.30.